The fourth-order valence-corrected chi connectivity index (χ4v) is 0.857. The van der Waals surface area contributed by atoms with Crippen molar-refractivity contribution in [3.8, 4) is 0 Å². The number of hydrogen-bond acceptors (Lipinski definition) is 0. The molecule has 0 aliphatic carbocycles. The van der Waals surface area contributed by atoms with E-state index in [1.54, 1.807) is 0 Å². The SMILES string of the molecule is CC(C)(C)C=Cc1c[c]ccc1. The monoisotopic (exact) mass is 159 g/mol. The minimum Gasteiger partial charge on any atom is -0.0785 e. The average Bonchev–Trinajstić information content (AvgIpc) is 2.02. The summed E-state index contributed by atoms with van der Waals surface area (Å²) >= 11 is 0. The van der Waals surface area contributed by atoms with Gasteiger partial charge in [0.1, 0.15) is 0 Å². The molecule has 1 rings (SSSR count). The first-order valence-corrected chi connectivity index (χ1v) is 4.23. The minimum atomic E-state index is 0.260. The van der Waals surface area contributed by atoms with Crippen molar-refractivity contribution in [1.82, 2.24) is 0 Å². The van der Waals surface area contributed by atoms with Gasteiger partial charge in [-0.3, -0.25) is 0 Å². The molecule has 0 nitrogen and oxygen atoms in total. The lowest BCUT2D eigenvalue weighted by Gasteiger charge is -2.10. The third kappa shape index (κ3) is 3.38. The first kappa shape index (κ1) is 9.05. The molecule has 1 radical (unpaired) electrons. The van der Waals surface area contributed by atoms with Crippen LogP contribution in [-0.4, -0.2) is 0 Å². The van der Waals surface area contributed by atoms with Crippen LogP contribution >= 0.6 is 0 Å². The molecule has 0 atom stereocenters. The lowest BCUT2D eigenvalue weighted by molar-refractivity contribution is 0.547. The van der Waals surface area contributed by atoms with Crippen molar-refractivity contribution in [2.45, 2.75) is 20.8 Å². The molecular weight excluding hydrogens is 144 g/mol. The Bertz CT molecular complexity index is 249. The zero-order chi connectivity index (χ0) is 9.03. The van der Waals surface area contributed by atoms with Gasteiger partial charge in [-0.1, -0.05) is 51.1 Å². The summed E-state index contributed by atoms with van der Waals surface area (Å²) in [5, 5.41) is 0. The Kier molecular flexibility index (Phi) is 2.69. The second kappa shape index (κ2) is 3.57. The summed E-state index contributed by atoms with van der Waals surface area (Å²) in [6.45, 7) is 6.57. The Labute approximate surface area is 74.9 Å². The van der Waals surface area contributed by atoms with E-state index in [1.807, 2.05) is 18.2 Å². The smallest absolute Gasteiger partial charge is 0.0178 e. The minimum absolute atomic E-state index is 0.260. The Balaban J connectivity index is 2.71. The molecule has 0 aliphatic heterocycles. The molecule has 0 fully saturated rings. The predicted molar refractivity (Wildman–Crippen MR) is 53.8 cm³/mol. The van der Waals surface area contributed by atoms with Crippen molar-refractivity contribution < 1.29 is 0 Å². The molecule has 63 valence electrons. The molecule has 0 heterocycles. The summed E-state index contributed by atoms with van der Waals surface area (Å²) < 4.78 is 0. The van der Waals surface area contributed by atoms with Crippen molar-refractivity contribution >= 4 is 6.08 Å². The van der Waals surface area contributed by atoms with E-state index in [9.17, 15) is 0 Å². The molecule has 0 N–H and O–H groups in total. The summed E-state index contributed by atoms with van der Waals surface area (Å²) in [6, 6.07) is 11.0. The van der Waals surface area contributed by atoms with Gasteiger partial charge in [-0.2, -0.15) is 0 Å². The second-order valence-electron chi connectivity index (χ2n) is 4.04. The van der Waals surface area contributed by atoms with Gasteiger partial charge in [-0.05, 0) is 23.1 Å². The van der Waals surface area contributed by atoms with Crippen LogP contribution in [0.1, 0.15) is 26.3 Å². The van der Waals surface area contributed by atoms with Crippen LogP contribution in [0, 0.1) is 11.5 Å². The molecule has 0 heteroatoms. The van der Waals surface area contributed by atoms with Crippen molar-refractivity contribution in [3.63, 3.8) is 0 Å². The first-order valence-electron chi connectivity index (χ1n) is 4.23. The van der Waals surface area contributed by atoms with Gasteiger partial charge in [-0.25, -0.2) is 0 Å². The van der Waals surface area contributed by atoms with E-state index in [1.165, 1.54) is 5.56 Å². The number of benzene rings is 1. The van der Waals surface area contributed by atoms with Gasteiger partial charge >= 0.3 is 0 Å². The topological polar surface area (TPSA) is 0 Å². The second-order valence-corrected chi connectivity index (χ2v) is 4.04. The molecule has 0 bridgehead atoms. The Hall–Kier alpha value is -1.04. The predicted octanol–water partition coefficient (Wildman–Crippen LogP) is 3.55. The molecule has 0 unspecified atom stereocenters. The normalized spacial score (nSPS) is 12.2. The van der Waals surface area contributed by atoms with Crippen LogP contribution in [0.5, 0.6) is 0 Å². The molecule has 12 heavy (non-hydrogen) atoms. The molecule has 1 aromatic rings. The lowest BCUT2D eigenvalue weighted by Crippen LogP contribution is -1.97. The van der Waals surface area contributed by atoms with E-state index >= 15 is 0 Å². The lowest BCUT2D eigenvalue weighted by atomic mass is 9.95. The Morgan fingerprint density at radius 2 is 2.08 bits per heavy atom. The van der Waals surface area contributed by atoms with Crippen LogP contribution in [0.4, 0.5) is 0 Å². The molecule has 1 aromatic carbocycles. The van der Waals surface area contributed by atoms with Gasteiger partial charge in [0.05, 0.1) is 0 Å². The van der Waals surface area contributed by atoms with E-state index in [-0.39, 0.29) is 5.41 Å². The van der Waals surface area contributed by atoms with E-state index in [0.29, 0.717) is 0 Å². The maximum atomic E-state index is 3.05. The van der Waals surface area contributed by atoms with Crippen molar-refractivity contribution in [2.24, 2.45) is 5.41 Å². The zero-order valence-corrected chi connectivity index (χ0v) is 7.96. The third-order valence-corrected chi connectivity index (χ3v) is 1.51. The fourth-order valence-electron chi connectivity index (χ4n) is 0.857. The van der Waals surface area contributed by atoms with Gasteiger partial charge < -0.3 is 0 Å². The standard InChI is InChI=1S/C12H15/c1-12(2,3)10-9-11-7-5-4-6-8-11/h4-5,7-10H,1-3H3. The molecular formula is C12H15. The highest BCUT2D eigenvalue weighted by Crippen LogP contribution is 2.16. The Morgan fingerprint density at radius 3 is 2.58 bits per heavy atom. The summed E-state index contributed by atoms with van der Waals surface area (Å²) in [5.41, 5.74) is 1.47. The van der Waals surface area contributed by atoms with Crippen LogP contribution in [0.3, 0.4) is 0 Å². The summed E-state index contributed by atoms with van der Waals surface area (Å²) in [6.07, 6.45) is 4.34. The van der Waals surface area contributed by atoms with Gasteiger partial charge in [0.25, 0.3) is 0 Å². The van der Waals surface area contributed by atoms with Gasteiger partial charge in [0.15, 0.2) is 0 Å². The Morgan fingerprint density at radius 1 is 1.33 bits per heavy atom. The van der Waals surface area contributed by atoms with E-state index < -0.39 is 0 Å². The molecule has 0 saturated carbocycles. The fraction of sp³-hybridized carbons (Fsp3) is 0.333. The van der Waals surface area contributed by atoms with E-state index in [2.05, 4.69) is 45.1 Å². The average molecular weight is 159 g/mol. The van der Waals surface area contributed by atoms with Crippen LogP contribution in [-0.2, 0) is 0 Å². The summed E-state index contributed by atoms with van der Waals surface area (Å²) in [5.74, 6) is 0. The van der Waals surface area contributed by atoms with Crippen molar-refractivity contribution in [2.75, 3.05) is 0 Å². The van der Waals surface area contributed by atoms with Gasteiger partial charge in [-0.15, -0.1) is 0 Å². The summed E-state index contributed by atoms with van der Waals surface area (Å²) in [4.78, 5) is 0. The first-order chi connectivity index (χ1) is 5.58. The molecule has 0 aliphatic rings. The molecule has 0 amide bonds. The quantitative estimate of drug-likeness (QED) is 0.588. The largest absolute Gasteiger partial charge is 0.0785 e. The highest BCUT2D eigenvalue weighted by atomic mass is 14.1. The maximum absolute atomic E-state index is 3.05. The van der Waals surface area contributed by atoms with Crippen LogP contribution in [0.15, 0.2) is 30.3 Å². The molecule has 0 aromatic heterocycles. The zero-order valence-electron chi connectivity index (χ0n) is 7.96. The van der Waals surface area contributed by atoms with Crippen molar-refractivity contribution in [3.05, 3.63) is 42.0 Å². The maximum Gasteiger partial charge on any atom is -0.0178 e. The highest BCUT2D eigenvalue weighted by molar-refractivity contribution is 5.49. The van der Waals surface area contributed by atoms with Crippen molar-refractivity contribution in [1.29, 1.82) is 0 Å². The number of hydrogen-bond donors (Lipinski definition) is 0. The summed E-state index contributed by atoms with van der Waals surface area (Å²) in [7, 11) is 0. The van der Waals surface area contributed by atoms with Gasteiger partial charge in [0, 0.05) is 0 Å². The van der Waals surface area contributed by atoms with Crippen LogP contribution in [0.25, 0.3) is 6.08 Å². The van der Waals surface area contributed by atoms with E-state index in [0.717, 1.165) is 0 Å². The van der Waals surface area contributed by atoms with Crippen LogP contribution in [0.2, 0.25) is 0 Å². The third-order valence-electron chi connectivity index (χ3n) is 1.51. The van der Waals surface area contributed by atoms with Crippen LogP contribution < -0.4 is 0 Å². The number of allylic oxidation sites excluding steroid dienone is 1. The number of rotatable bonds is 1. The molecule has 0 spiro atoms. The highest BCUT2D eigenvalue weighted by Gasteiger charge is 2.02. The van der Waals surface area contributed by atoms with Gasteiger partial charge in [0.2, 0.25) is 0 Å². The molecule has 0 saturated heterocycles. The van der Waals surface area contributed by atoms with E-state index in [4.69, 9.17) is 0 Å².